The van der Waals surface area contributed by atoms with Gasteiger partial charge in [-0.3, -0.25) is 9.10 Å². The van der Waals surface area contributed by atoms with E-state index >= 15 is 0 Å². The van der Waals surface area contributed by atoms with E-state index in [9.17, 15) is 18.0 Å². The Hall–Kier alpha value is -1.89. The number of benzene rings is 1. The lowest BCUT2D eigenvalue weighted by Gasteiger charge is -2.17. The molecular weight excluding hydrogens is 258 g/mol. The lowest BCUT2D eigenvalue weighted by Crippen LogP contribution is -2.25. The van der Waals surface area contributed by atoms with E-state index in [1.165, 1.54) is 32.2 Å². The average molecular weight is 271 g/mol. The number of carbonyl (C=O) groups is 2. The molecule has 0 aliphatic carbocycles. The second kappa shape index (κ2) is 4.77. The molecule has 0 amide bonds. The molecule has 98 valence electrons. The van der Waals surface area contributed by atoms with Crippen molar-refractivity contribution >= 4 is 27.5 Å². The number of hydrogen-bond acceptors (Lipinski definition) is 4. The van der Waals surface area contributed by atoms with Crippen molar-refractivity contribution in [3.05, 3.63) is 29.3 Å². The third-order valence-electron chi connectivity index (χ3n) is 2.43. The van der Waals surface area contributed by atoms with Gasteiger partial charge in [-0.1, -0.05) is 0 Å². The maximum Gasteiger partial charge on any atom is 0.335 e. The van der Waals surface area contributed by atoms with Gasteiger partial charge in [0.1, 0.15) is 0 Å². The molecular formula is C11H13NO5S. The number of ketones is 1. The number of anilines is 1. The Morgan fingerprint density at radius 3 is 2.06 bits per heavy atom. The van der Waals surface area contributed by atoms with Crippen LogP contribution in [0.5, 0.6) is 0 Å². The predicted octanol–water partition coefficient (Wildman–Crippen LogP) is 0.983. The molecule has 1 aromatic carbocycles. The molecule has 0 aromatic heterocycles. The standard InChI is InChI=1S/C11H13NO5S/c1-7(13)8-4-9(11(14)15)6-10(5-8)12(2)18(3,16)17/h4-6H,1-3H3,(H,14,15). The van der Waals surface area contributed by atoms with Crippen molar-refractivity contribution in [1.82, 2.24) is 0 Å². The fourth-order valence-electron chi connectivity index (χ4n) is 1.31. The normalized spacial score (nSPS) is 11.1. The topological polar surface area (TPSA) is 91.8 Å². The summed E-state index contributed by atoms with van der Waals surface area (Å²) >= 11 is 0. The number of nitrogens with zero attached hydrogens (tertiary/aromatic N) is 1. The zero-order chi connectivity index (χ0) is 14.1. The van der Waals surface area contributed by atoms with Crippen LogP contribution >= 0.6 is 0 Å². The molecule has 0 saturated carbocycles. The lowest BCUT2D eigenvalue weighted by atomic mass is 10.1. The first kappa shape index (κ1) is 14.2. The van der Waals surface area contributed by atoms with E-state index in [1.54, 1.807) is 0 Å². The Labute approximate surface area is 105 Å². The maximum absolute atomic E-state index is 11.4. The molecule has 1 rings (SSSR count). The van der Waals surface area contributed by atoms with Crippen LogP contribution in [0.1, 0.15) is 27.6 Å². The van der Waals surface area contributed by atoms with Gasteiger partial charge in [0, 0.05) is 12.6 Å². The van der Waals surface area contributed by atoms with Crippen molar-refractivity contribution in [3.63, 3.8) is 0 Å². The van der Waals surface area contributed by atoms with Gasteiger partial charge >= 0.3 is 5.97 Å². The molecule has 0 fully saturated rings. The van der Waals surface area contributed by atoms with Crippen LogP contribution in [-0.4, -0.2) is 38.6 Å². The largest absolute Gasteiger partial charge is 0.478 e. The van der Waals surface area contributed by atoms with Crippen molar-refractivity contribution in [2.45, 2.75) is 6.92 Å². The Morgan fingerprint density at radius 1 is 1.17 bits per heavy atom. The van der Waals surface area contributed by atoms with E-state index in [4.69, 9.17) is 5.11 Å². The quantitative estimate of drug-likeness (QED) is 0.824. The highest BCUT2D eigenvalue weighted by molar-refractivity contribution is 7.92. The van der Waals surface area contributed by atoms with Crippen molar-refractivity contribution in [1.29, 1.82) is 0 Å². The summed E-state index contributed by atoms with van der Waals surface area (Å²) in [5, 5.41) is 8.92. The fourth-order valence-corrected chi connectivity index (χ4v) is 1.80. The Kier molecular flexibility index (Phi) is 3.76. The molecule has 0 atom stereocenters. The smallest absolute Gasteiger partial charge is 0.335 e. The number of sulfonamides is 1. The van der Waals surface area contributed by atoms with Crippen molar-refractivity contribution in [2.75, 3.05) is 17.6 Å². The fraction of sp³-hybridized carbons (Fsp3) is 0.273. The highest BCUT2D eigenvalue weighted by Gasteiger charge is 2.16. The Morgan fingerprint density at radius 2 is 1.67 bits per heavy atom. The SMILES string of the molecule is CC(=O)c1cc(C(=O)O)cc(N(C)S(C)(=O)=O)c1. The van der Waals surface area contributed by atoms with Crippen LogP contribution in [0.3, 0.4) is 0 Å². The summed E-state index contributed by atoms with van der Waals surface area (Å²) in [6.07, 6.45) is 0.994. The lowest BCUT2D eigenvalue weighted by molar-refractivity contribution is 0.0697. The highest BCUT2D eigenvalue weighted by Crippen LogP contribution is 2.20. The summed E-state index contributed by atoms with van der Waals surface area (Å²) in [4.78, 5) is 22.2. The first-order valence-electron chi connectivity index (χ1n) is 4.96. The molecule has 0 bridgehead atoms. The van der Waals surface area contributed by atoms with E-state index in [2.05, 4.69) is 0 Å². The molecule has 6 nitrogen and oxygen atoms in total. The van der Waals surface area contributed by atoms with Crippen LogP contribution in [0.4, 0.5) is 5.69 Å². The molecule has 0 aliphatic rings. The molecule has 1 N–H and O–H groups in total. The van der Waals surface area contributed by atoms with E-state index in [0.717, 1.165) is 10.6 Å². The first-order valence-corrected chi connectivity index (χ1v) is 6.81. The second-order valence-electron chi connectivity index (χ2n) is 3.86. The molecule has 0 saturated heterocycles. The predicted molar refractivity (Wildman–Crippen MR) is 66.7 cm³/mol. The molecule has 1 aromatic rings. The number of carbonyl (C=O) groups excluding carboxylic acids is 1. The number of carboxylic acids is 1. The minimum Gasteiger partial charge on any atom is -0.478 e. The van der Waals surface area contributed by atoms with Crippen molar-refractivity contribution < 1.29 is 23.1 Å². The number of rotatable bonds is 4. The van der Waals surface area contributed by atoms with Crippen LogP contribution < -0.4 is 4.31 Å². The average Bonchev–Trinajstić information content (AvgIpc) is 2.26. The number of hydrogen-bond donors (Lipinski definition) is 1. The van der Waals surface area contributed by atoms with Gasteiger partial charge in [-0.2, -0.15) is 0 Å². The van der Waals surface area contributed by atoms with Crippen LogP contribution in [0.25, 0.3) is 0 Å². The van der Waals surface area contributed by atoms with Gasteiger partial charge in [0.15, 0.2) is 5.78 Å². The molecule has 0 spiro atoms. The van der Waals surface area contributed by atoms with Crippen molar-refractivity contribution in [3.8, 4) is 0 Å². The van der Waals surface area contributed by atoms with Gasteiger partial charge in [-0.05, 0) is 25.1 Å². The van der Waals surface area contributed by atoms with Crippen LogP contribution in [-0.2, 0) is 10.0 Å². The molecule has 7 heteroatoms. The van der Waals surface area contributed by atoms with Crippen molar-refractivity contribution in [2.24, 2.45) is 0 Å². The van der Waals surface area contributed by atoms with Gasteiger partial charge in [0.2, 0.25) is 10.0 Å². The molecule has 18 heavy (non-hydrogen) atoms. The summed E-state index contributed by atoms with van der Waals surface area (Å²) in [6, 6.07) is 3.76. The number of carboxylic acid groups (broad SMARTS) is 1. The summed E-state index contributed by atoms with van der Waals surface area (Å²) in [5.41, 5.74) is 0.163. The number of Topliss-reactive ketones (excluding diaryl/α,β-unsaturated/α-hetero) is 1. The van der Waals surface area contributed by atoms with E-state index in [1.807, 2.05) is 0 Å². The van der Waals surface area contributed by atoms with Gasteiger partial charge in [-0.15, -0.1) is 0 Å². The molecule has 0 unspecified atom stereocenters. The summed E-state index contributed by atoms with van der Waals surface area (Å²) in [6.45, 7) is 1.28. The Bertz CT molecular complexity index is 574. The van der Waals surface area contributed by atoms with E-state index in [0.29, 0.717) is 0 Å². The molecule has 0 heterocycles. The van der Waals surface area contributed by atoms with Gasteiger partial charge < -0.3 is 5.11 Å². The second-order valence-corrected chi connectivity index (χ2v) is 5.87. The maximum atomic E-state index is 11.4. The minimum atomic E-state index is -3.51. The van der Waals surface area contributed by atoms with Crippen LogP contribution in [0.15, 0.2) is 18.2 Å². The zero-order valence-corrected chi connectivity index (χ0v) is 11.0. The van der Waals surface area contributed by atoms with Crippen LogP contribution in [0.2, 0.25) is 0 Å². The van der Waals surface area contributed by atoms with E-state index < -0.39 is 16.0 Å². The first-order chi connectivity index (χ1) is 8.12. The minimum absolute atomic E-state index is 0.131. The monoisotopic (exact) mass is 271 g/mol. The highest BCUT2D eigenvalue weighted by atomic mass is 32.2. The van der Waals surface area contributed by atoms with Crippen LogP contribution in [0, 0.1) is 0 Å². The summed E-state index contributed by atoms with van der Waals surface area (Å²) < 4.78 is 23.7. The third kappa shape index (κ3) is 3.07. The summed E-state index contributed by atoms with van der Waals surface area (Å²) in [5.74, 6) is -1.55. The Balaban J connectivity index is 3.45. The van der Waals surface area contributed by atoms with Gasteiger partial charge in [0.25, 0.3) is 0 Å². The zero-order valence-electron chi connectivity index (χ0n) is 10.2. The molecule has 0 radical (unpaired) electrons. The van der Waals surface area contributed by atoms with Gasteiger partial charge in [-0.25, -0.2) is 13.2 Å². The van der Waals surface area contributed by atoms with Gasteiger partial charge in [0.05, 0.1) is 17.5 Å². The third-order valence-corrected chi connectivity index (χ3v) is 3.64. The molecule has 0 aliphatic heterocycles. The van der Waals surface area contributed by atoms with E-state index in [-0.39, 0.29) is 22.6 Å². The summed E-state index contributed by atoms with van der Waals surface area (Å²) in [7, 11) is -2.22. The number of aromatic carboxylic acids is 1.